The van der Waals surface area contributed by atoms with Crippen molar-refractivity contribution in [3.63, 3.8) is 0 Å². The second kappa shape index (κ2) is 8.27. The number of aromatic nitrogens is 3. The lowest BCUT2D eigenvalue weighted by Crippen LogP contribution is -2.35. The van der Waals surface area contributed by atoms with Crippen molar-refractivity contribution in [2.45, 2.75) is 5.16 Å². The van der Waals surface area contributed by atoms with Gasteiger partial charge in [0.1, 0.15) is 13.2 Å². The lowest BCUT2D eigenvalue weighted by atomic mass is 10.2. The first-order valence-corrected chi connectivity index (χ1v) is 9.65. The highest BCUT2D eigenvalue weighted by Crippen LogP contribution is 2.32. The summed E-state index contributed by atoms with van der Waals surface area (Å²) in [5.74, 6) is 1.83. The molecule has 11 heteroatoms. The van der Waals surface area contributed by atoms with Crippen molar-refractivity contribution in [1.82, 2.24) is 20.1 Å². The van der Waals surface area contributed by atoms with Crippen molar-refractivity contribution in [1.29, 1.82) is 0 Å². The first kappa shape index (κ1) is 18.9. The lowest BCUT2D eigenvalue weighted by molar-refractivity contribution is -0.117. The molecule has 3 amide bonds. The quantitative estimate of drug-likeness (QED) is 0.609. The van der Waals surface area contributed by atoms with Crippen LogP contribution in [0, 0.1) is 0 Å². The molecule has 1 aliphatic heterocycles. The molecule has 0 bridgehead atoms. The number of fused-ring (bicyclic) bond motifs is 1. The zero-order valence-electron chi connectivity index (χ0n) is 15.4. The van der Waals surface area contributed by atoms with Crippen molar-refractivity contribution < 1.29 is 23.5 Å². The number of ether oxygens (including phenoxy) is 2. The van der Waals surface area contributed by atoms with Crippen LogP contribution in [0.5, 0.6) is 11.5 Å². The molecule has 0 atom stereocenters. The predicted octanol–water partition coefficient (Wildman–Crippen LogP) is 2.29. The fourth-order valence-corrected chi connectivity index (χ4v) is 3.35. The minimum atomic E-state index is -0.637. The van der Waals surface area contributed by atoms with Gasteiger partial charge in [-0.1, -0.05) is 11.8 Å². The van der Waals surface area contributed by atoms with Crippen LogP contribution in [0.1, 0.15) is 0 Å². The summed E-state index contributed by atoms with van der Waals surface area (Å²) in [4.78, 5) is 24.1. The summed E-state index contributed by atoms with van der Waals surface area (Å²) in [7, 11) is 1.77. The maximum absolute atomic E-state index is 12.1. The van der Waals surface area contributed by atoms with Gasteiger partial charge in [0.2, 0.25) is 5.91 Å². The van der Waals surface area contributed by atoms with E-state index in [9.17, 15) is 9.59 Å². The summed E-state index contributed by atoms with van der Waals surface area (Å²) in [6.45, 7) is 0.934. The molecule has 1 aliphatic rings. The largest absolute Gasteiger partial charge is 0.486 e. The number of carbonyl (C=O) groups is 2. The minimum absolute atomic E-state index is 0.00130. The molecule has 150 valence electrons. The number of rotatable bonds is 5. The normalized spacial score (nSPS) is 12.4. The van der Waals surface area contributed by atoms with Crippen LogP contribution in [0.2, 0.25) is 0 Å². The Labute approximate surface area is 169 Å². The summed E-state index contributed by atoms with van der Waals surface area (Å²) >= 11 is 1.16. The molecule has 3 aromatic rings. The van der Waals surface area contributed by atoms with Crippen LogP contribution in [0.15, 0.2) is 46.2 Å². The van der Waals surface area contributed by atoms with Crippen LogP contribution < -0.4 is 20.1 Å². The molecular formula is C18H17N5O5S. The van der Waals surface area contributed by atoms with Gasteiger partial charge < -0.3 is 23.8 Å². The van der Waals surface area contributed by atoms with E-state index in [-0.39, 0.29) is 5.75 Å². The summed E-state index contributed by atoms with van der Waals surface area (Å²) in [6, 6.07) is 7.90. The van der Waals surface area contributed by atoms with Gasteiger partial charge in [-0.25, -0.2) is 4.79 Å². The van der Waals surface area contributed by atoms with Gasteiger partial charge in [0.05, 0.1) is 12.0 Å². The SMILES string of the molecule is Cn1c(SCC(=O)NC(=O)Nc2ccc3c(c2)OCCO3)nnc1-c1ccco1. The molecule has 0 spiro atoms. The van der Waals surface area contributed by atoms with Gasteiger partial charge in [0.15, 0.2) is 28.2 Å². The topological polar surface area (TPSA) is 121 Å². The molecule has 2 N–H and O–H groups in total. The number of amides is 3. The number of anilines is 1. The Balaban J connectivity index is 1.29. The highest BCUT2D eigenvalue weighted by molar-refractivity contribution is 7.99. The van der Waals surface area contributed by atoms with Gasteiger partial charge in [-0.2, -0.15) is 0 Å². The number of hydrogen-bond donors (Lipinski definition) is 2. The van der Waals surface area contributed by atoms with E-state index < -0.39 is 11.9 Å². The molecule has 2 aromatic heterocycles. The van der Waals surface area contributed by atoms with E-state index in [0.29, 0.717) is 47.1 Å². The third-order valence-corrected chi connectivity index (χ3v) is 4.98. The van der Waals surface area contributed by atoms with Gasteiger partial charge >= 0.3 is 6.03 Å². The van der Waals surface area contributed by atoms with E-state index in [0.717, 1.165) is 11.8 Å². The van der Waals surface area contributed by atoms with Crippen molar-refractivity contribution in [2.75, 3.05) is 24.3 Å². The van der Waals surface area contributed by atoms with Gasteiger partial charge in [0.25, 0.3) is 0 Å². The molecule has 1 aromatic carbocycles. The molecule has 0 radical (unpaired) electrons. The number of imide groups is 1. The smallest absolute Gasteiger partial charge is 0.325 e. The molecule has 4 rings (SSSR count). The summed E-state index contributed by atoms with van der Waals surface area (Å²) in [5.41, 5.74) is 0.489. The number of carbonyl (C=O) groups excluding carboxylic acids is 2. The number of thioether (sulfide) groups is 1. The highest BCUT2D eigenvalue weighted by Gasteiger charge is 2.16. The van der Waals surface area contributed by atoms with Gasteiger partial charge in [-0.15, -0.1) is 10.2 Å². The van der Waals surface area contributed by atoms with Crippen molar-refractivity contribution in [2.24, 2.45) is 7.05 Å². The van der Waals surface area contributed by atoms with Gasteiger partial charge in [-0.3, -0.25) is 10.1 Å². The van der Waals surface area contributed by atoms with Crippen molar-refractivity contribution in [3.8, 4) is 23.1 Å². The van der Waals surface area contributed by atoms with Crippen LogP contribution in [-0.4, -0.2) is 45.7 Å². The number of nitrogens with zero attached hydrogens (tertiary/aromatic N) is 3. The maximum atomic E-state index is 12.1. The zero-order valence-corrected chi connectivity index (χ0v) is 16.2. The first-order valence-electron chi connectivity index (χ1n) is 8.67. The first-order chi connectivity index (χ1) is 14.1. The van der Waals surface area contributed by atoms with Crippen LogP contribution in [-0.2, 0) is 11.8 Å². The average molecular weight is 415 g/mol. The van der Waals surface area contributed by atoms with Crippen LogP contribution in [0.4, 0.5) is 10.5 Å². The molecule has 0 aliphatic carbocycles. The van der Waals surface area contributed by atoms with E-state index in [2.05, 4.69) is 20.8 Å². The monoisotopic (exact) mass is 415 g/mol. The zero-order chi connectivity index (χ0) is 20.2. The Bertz CT molecular complexity index is 1030. The number of benzene rings is 1. The average Bonchev–Trinajstić information content (AvgIpc) is 3.36. The molecule has 0 fully saturated rings. The Hall–Kier alpha value is -3.47. The minimum Gasteiger partial charge on any atom is -0.486 e. The van der Waals surface area contributed by atoms with Crippen LogP contribution >= 0.6 is 11.8 Å². The third kappa shape index (κ3) is 4.35. The molecule has 10 nitrogen and oxygen atoms in total. The molecular weight excluding hydrogens is 398 g/mol. The number of urea groups is 1. The fourth-order valence-electron chi connectivity index (χ4n) is 2.64. The molecule has 0 saturated carbocycles. The third-order valence-electron chi connectivity index (χ3n) is 3.96. The van der Waals surface area contributed by atoms with E-state index in [4.69, 9.17) is 13.9 Å². The molecule has 0 unspecified atom stereocenters. The summed E-state index contributed by atoms with van der Waals surface area (Å²) in [5, 5.41) is 13.5. The Kier molecular flexibility index (Phi) is 5.38. The van der Waals surface area contributed by atoms with Gasteiger partial charge in [0, 0.05) is 18.8 Å². The Morgan fingerprint density at radius 3 is 2.79 bits per heavy atom. The molecule has 3 heterocycles. The summed E-state index contributed by atoms with van der Waals surface area (Å²) < 4.78 is 17.9. The number of nitrogens with one attached hydrogen (secondary N) is 2. The lowest BCUT2D eigenvalue weighted by Gasteiger charge is -2.19. The Morgan fingerprint density at radius 1 is 1.17 bits per heavy atom. The second-order valence-corrected chi connectivity index (χ2v) is 6.93. The number of hydrogen-bond acceptors (Lipinski definition) is 8. The molecule has 0 saturated heterocycles. The van der Waals surface area contributed by atoms with E-state index in [1.54, 1.807) is 48.2 Å². The van der Waals surface area contributed by atoms with Crippen LogP contribution in [0.25, 0.3) is 11.6 Å². The van der Waals surface area contributed by atoms with E-state index in [1.165, 1.54) is 0 Å². The molecule has 29 heavy (non-hydrogen) atoms. The van der Waals surface area contributed by atoms with E-state index >= 15 is 0 Å². The van der Waals surface area contributed by atoms with Crippen LogP contribution in [0.3, 0.4) is 0 Å². The van der Waals surface area contributed by atoms with E-state index in [1.807, 2.05) is 0 Å². The second-order valence-electron chi connectivity index (χ2n) is 5.99. The predicted molar refractivity (Wildman–Crippen MR) is 104 cm³/mol. The summed E-state index contributed by atoms with van der Waals surface area (Å²) in [6.07, 6.45) is 1.55. The van der Waals surface area contributed by atoms with Gasteiger partial charge in [-0.05, 0) is 24.3 Å². The number of furan rings is 1. The van der Waals surface area contributed by atoms with Crippen molar-refractivity contribution in [3.05, 3.63) is 36.6 Å². The fraction of sp³-hybridized carbons (Fsp3) is 0.222. The Morgan fingerprint density at radius 2 is 2.00 bits per heavy atom. The maximum Gasteiger partial charge on any atom is 0.325 e. The highest BCUT2D eigenvalue weighted by atomic mass is 32.2. The standard InChI is InChI=1S/C18H17N5O5S/c1-23-16(13-3-2-6-26-13)21-22-18(23)29-10-15(24)20-17(25)19-11-4-5-12-14(9-11)28-8-7-27-12/h2-6,9H,7-8,10H2,1H3,(H2,19,20,24,25). The van der Waals surface area contributed by atoms with Crippen molar-refractivity contribution >= 4 is 29.4 Å².